The SMILES string of the molecule is COCC(NC(C)c1ccc(C)cc1C)C1CC1. The molecule has 0 heterocycles. The van der Waals surface area contributed by atoms with Gasteiger partial charge in [0.1, 0.15) is 0 Å². The van der Waals surface area contributed by atoms with Gasteiger partial charge in [0.2, 0.25) is 0 Å². The summed E-state index contributed by atoms with van der Waals surface area (Å²) in [5.74, 6) is 0.818. The van der Waals surface area contributed by atoms with Crippen molar-refractivity contribution in [1.82, 2.24) is 5.32 Å². The first-order valence-corrected chi connectivity index (χ1v) is 6.94. The molecule has 1 fully saturated rings. The lowest BCUT2D eigenvalue weighted by Crippen LogP contribution is -2.37. The number of methoxy groups -OCH3 is 1. The van der Waals surface area contributed by atoms with E-state index in [1.165, 1.54) is 29.5 Å². The maximum Gasteiger partial charge on any atom is 0.0618 e. The minimum atomic E-state index is 0.395. The molecule has 0 saturated heterocycles. The molecular formula is C16H25NO. The summed E-state index contributed by atoms with van der Waals surface area (Å²) in [6.07, 6.45) is 2.70. The van der Waals surface area contributed by atoms with Gasteiger partial charge in [-0.05, 0) is 50.7 Å². The molecule has 2 unspecified atom stereocenters. The molecule has 2 nitrogen and oxygen atoms in total. The molecule has 1 saturated carbocycles. The molecular weight excluding hydrogens is 222 g/mol. The van der Waals surface area contributed by atoms with E-state index >= 15 is 0 Å². The van der Waals surface area contributed by atoms with Crippen molar-refractivity contribution < 1.29 is 4.74 Å². The van der Waals surface area contributed by atoms with Gasteiger partial charge in [-0.1, -0.05) is 23.8 Å². The molecule has 1 aliphatic rings. The lowest BCUT2D eigenvalue weighted by molar-refractivity contribution is 0.152. The van der Waals surface area contributed by atoms with Crippen molar-refractivity contribution in [2.24, 2.45) is 5.92 Å². The van der Waals surface area contributed by atoms with Gasteiger partial charge >= 0.3 is 0 Å². The van der Waals surface area contributed by atoms with E-state index in [2.05, 4.69) is 44.3 Å². The van der Waals surface area contributed by atoms with Crippen LogP contribution in [-0.4, -0.2) is 19.8 Å². The van der Waals surface area contributed by atoms with E-state index in [9.17, 15) is 0 Å². The summed E-state index contributed by atoms with van der Waals surface area (Å²) in [6, 6.07) is 7.61. The van der Waals surface area contributed by atoms with E-state index in [0.29, 0.717) is 12.1 Å². The summed E-state index contributed by atoms with van der Waals surface area (Å²) in [5.41, 5.74) is 4.11. The van der Waals surface area contributed by atoms with Gasteiger partial charge in [-0.15, -0.1) is 0 Å². The van der Waals surface area contributed by atoms with Crippen LogP contribution in [0.4, 0.5) is 0 Å². The number of rotatable bonds is 6. The van der Waals surface area contributed by atoms with E-state index in [0.717, 1.165) is 12.5 Å². The quantitative estimate of drug-likeness (QED) is 0.832. The fraction of sp³-hybridized carbons (Fsp3) is 0.625. The van der Waals surface area contributed by atoms with Crippen molar-refractivity contribution in [2.45, 2.75) is 45.7 Å². The van der Waals surface area contributed by atoms with Crippen molar-refractivity contribution in [2.75, 3.05) is 13.7 Å². The van der Waals surface area contributed by atoms with E-state index in [-0.39, 0.29) is 0 Å². The van der Waals surface area contributed by atoms with Gasteiger partial charge in [0.05, 0.1) is 6.61 Å². The second kappa shape index (κ2) is 5.85. The van der Waals surface area contributed by atoms with Gasteiger partial charge in [-0.25, -0.2) is 0 Å². The van der Waals surface area contributed by atoms with Crippen LogP contribution in [0.1, 0.15) is 42.5 Å². The Labute approximate surface area is 111 Å². The molecule has 18 heavy (non-hydrogen) atoms. The van der Waals surface area contributed by atoms with Crippen LogP contribution in [0.5, 0.6) is 0 Å². The van der Waals surface area contributed by atoms with Gasteiger partial charge in [0.25, 0.3) is 0 Å². The molecule has 2 rings (SSSR count). The summed E-state index contributed by atoms with van der Waals surface area (Å²) in [4.78, 5) is 0. The van der Waals surface area contributed by atoms with Crippen LogP contribution in [0.25, 0.3) is 0 Å². The van der Waals surface area contributed by atoms with Crippen LogP contribution in [-0.2, 0) is 4.74 Å². The third-order valence-corrected chi connectivity index (χ3v) is 3.89. The third-order valence-electron chi connectivity index (χ3n) is 3.89. The Balaban J connectivity index is 2.03. The third kappa shape index (κ3) is 3.33. The normalized spacial score (nSPS) is 18.7. The maximum atomic E-state index is 5.33. The first kappa shape index (κ1) is 13.6. The van der Waals surface area contributed by atoms with Crippen molar-refractivity contribution in [3.8, 4) is 0 Å². The highest BCUT2D eigenvalue weighted by molar-refractivity contribution is 5.32. The van der Waals surface area contributed by atoms with E-state index in [1.807, 2.05) is 0 Å². The van der Waals surface area contributed by atoms with Crippen LogP contribution in [0, 0.1) is 19.8 Å². The van der Waals surface area contributed by atoms with Crippen LogP contribution in [0.3, 0.4) is 0 Å². The summed E-state index contributed by atoms with van der Waals surface area (Å²) in [5, 5.41) is 3.73. The number of ether oxygens (including phenoxy) is 1. The maximum absolute atomic E-state index is 5.33. The molecule has 2 heteroatoms. The number of aryl methyl sites for hydroxylation is 2. The Hall–Kier alpha value is -0.860. The Morgan fingerprint density at radius 2 is 2.06 bits per heavy atom. The molecule has 0 aromatic heterocycles. The van der Waals surface area contributed by atoms with Gasteiger partial charge < -0.3 is 10.1 Å². The van der Waals surface area contributed by atoms with Crippen LogP contribution >= 0.6 is 0 Å². The number of nitrogens with one attached hydrogen (secondary N) is 1. The molecule has 100 valence electrons. The Bertz CT molecular complexity index is 398. The number of hydrogen-bond acceptors (Lipinski definition) is 2. The Kier molecular flexibility index (Phi) is 4.41. The number of benzene rings is 1. The topological polar surface area (TPSA) is 21.3 Å². The lowest BCUT2D eigenvalue weighted by Gasteiger charge is -2.24. The summed E-state index contributed by atoms with van der Waals surface area (Å²) in [7, 11) is 1.79. The average Bonchev–Trinajstić information content (AvgIpc) is 3.11. The highest BCUT2D eigenvalue weighted by atomic mass is 16.5. The molecule has 1 aromatic rings. The van der Waals surface area contributed by atoms with Crippen molar-refractivity contribution in [1.29, 1.82) is 0 Å². The van der Waals surface area contributed by atoms with Crippen molar-refractivity contribution in [3.63, 3.8) is 0 Å². The standard InChI is InChI=1S/C16H25NO/c1-11-5-8-15(12(2)9-11)13(3)17-16(10-18-4)14-6-7-14/h5,8-9,13-14,16-17H,6-7,10H2,1-4H3. The molecule has 0 aliphatic heterocycles. The van der Waals surface area contributed by atoms with Crippen molar-refractivity contribution >= 4 is 0 Å². The zero-order chi connectivity index (χ0) is 13.1. The smallest absolute Gasteiger partial charge is 0.0618 e. The minimum absolute atomic E-state index is 0.395. The molecule has 0 amide bonds. The van der Waals surface area contributed by atoms with E-state index in [1.54, 1.807) is 7.11 Å². The summed E-state index contributed by atoms with van der Waals surface area (Å²) >= 11 is 0. The highest BCUT2D eigenvalue weighted by Crippen LogP contribution is 2.34. The predicted octanol–water partition coefficient (Wildman–Crippen LogP) is 3.38. The summed E-state index contributed by atoms with van der Waals surface area (Å²) < 4.78 is 5.33. The minimum Gasteiger partial charge on any atom is -0.383 e. The van der Waals surface area contributed by atoms with Gasteiger partial charge in [-0.2, -0.15) is 0 Å². The monoisotopic (exact) mass is 247 g/mol. The summed E-state index contributed by atoms with van der Waals surface area (Å²) in [6.45, 7) is 7.42. The predicted molar refractivity (Wildman–Crippen MR) is 75.9 cm³/mol. The van der Waals surface area contributed by atoms with Crippen molar-refractivity contribution in [3.05, 3.63) is 34.9 Å². The Morgan fingerprint density at radius 1 is 1.33 bits per heavy atom. The van der Waals surface area contributed by atoms with Gasteiger partial charge in [-0.3, -0.25) is 0 Å². The lowest BCUT2D eigenvalue weighted by atomic mass is 9.99. The van der Waals surface area contributed by atoms with E-state index in [4.69, 9.17) is 4.74 Å². The zero-order valence-electron chi connectivity index (χ0n) is 12.0. The highest BCUT2D eigenvalue weighted by Gasteiger charge is 2.32. The van der Waals surface area contributed by atoms with Crippen LogP contribution in [0.2, 0.25) is 0 Å². The zero-order valence-corrected chi connectivity index (χ0v) is 12.0. The fourth-order valence-corrected chi connectivity index (χ4v) is 2.72. The van der Waals surface area contributed by atoms with Crippen LogP contribution in [0.15, 0.2) is 18.2 Å². The molecule has 0 radical (unpaired) electrons. The largest absolute Gasteiger partial charge is 0.383 e. The first-order valence-electron chi connectivity index (χ1n) is 6.94. The molecule has 0 bridgehead atoms. The number of hydrogen-bond donors (Lipinski definition) is 1. The molecule has 2 atom stereocenters. The van der Waals surface area contributed by atoms with E-state index < -0.39 is 0 Å². The second-order valence-corrected chi connectivity index (χ2v) is 5.65. The molecule has 1 N–H and O–H groups in total. The second-order valence-electron chi connectivity index (χ2n) is 5.65. The fourth-order valence-electron chi connectivity index (χ4n) is 2.72. The molecule has 0 spiro atoms. The first-order chi connectivity index (χ1) is 8.61. The van der Waals surface area contributed by atoms with Crippen LogP contribution < -0.4 is 5.32 Å². The Morgan fingerprint density at radius 3 is 2.61 bits per heavy atom. The molecule has 1 aromatic carbocycles. The van der Waals surface area contributed by atoms with Gasteiger partial charge in [0, 0.05) is 19.2 Å². The molecule has 1 aliphatic carbocycles. The van der Waals surface area contributed by atoms with Gasteiger partial charge in [0.15, 0.2) is 0 Å². The average molecular weight is 247 g/mol.